The Morgan fingerprint density at radius 1 is 1.48 bits per heavy atom. The van der Waals surface area contributed by atoms with Crippen LogP contribution in [0.25, 0.3) is 0 Å². The predicted molar refractivity (Wildman–Crippen MR) is 84.4 cm³/mol. The summed E-state index contributed by atoms with van der Waals surface area (Å²) in [5.74, 6) is 1.59. The molecule has 1 unspecified atom stereocenters. The number of benzene rings is 1. The van der Waals surface area contributed by atoms with E-state index in [-0.39, 0.29) is 11.9 Å². The molecule has 1 fully saturated rings. The van der Waals surface area contributed by atoms with Gasteiger partial charge in [-0.1, -0.05) is 18.2 Å². The SMILES string of the molecule is COc1ccccc1[C@H](C)NC(=O)CCC1CCCNC1. The largest absolute Gasteiger partial charge is 0.496 e. The molecule has 0 spiro atoms. The van der Waals surface area contributed by atoms with Crippen LogP contribution in [0, 0.1) is 5.92 Å². The van der Waals surface area contributed by atoms with E-state index >= 15 is 0 Å². The zero-order chi connectivity index (χ0) is 15.1. The van der Waals surface area contributed by atoms with E-state index in [1.54, 1.807) is 7.11 Å². The molecule has 1 aliphatic heterocycles. The quantitative estimate of drug-likeness (QED) is 0.847. The Labute approximate surface area is 127 Å². The molecule has 2 rings (SSSR count). The molecule has 116 valence electrons. The first kappa shape index (κ1) is 15.8. The van der Waals surface area contributed by atoms with E-state index < -0.39 is 0 Å². The molecule has 1 aliphatic rings. The summed E-state index contributed by atoms with van der Waals surface area (Å²) in [7, 11) is 1.66. The van der Waals surface area contributed by atoms with E-state index in [4.69, 9.17) is 4.74 Å². The van der Waals surface area contributed by atoms with Crippen LogP contribution in [-0.4, -0.2) is 26.1 Å². The van der Waals surface area contributed by atoms with Crippen molar-refractivity contribution < 1.29 is 9.53 Å². The first-order chi connectivity index (χ1) is 10.2. The standard InChI is InChI=1S/C17H26N2O2/c1-13(15-7-3-4-8-16(15)21-2)19-17(20)10-9-14-6-5-11-18-12-14/h3-4,7-8,13-14,18H,5-6,9-12H2,1-2H3,(H,19,20)/t13-,14?/m0/s1. The Hall–Kier alpha value is -1.55. The van der Waals surface area contributed by atoms with Crippen LogP contribution in [0.15, 0.2) is 24.3 Å². The van der Waals surface area contributed by atoms with Gasteiger partial charge in [0.15, 0.2) is 0 Å². The molecule has 1 aromatic carbocycles. The number of methoxy groups -OCH3 is 1. The van der Waals surface area contributed by atoms with Crippen LogP contribution in [0.5, 0.6) is 5.75 Å². The first-order valence-electron chi connectivity index (χ1n) is 7.83. The highest BCUT2D eigenvalue weighted by molar-refractivity contribution is 5.76. The van der Waals surface area contributed by atoms with E-state index in [9.17, 15) is 4.79 Å². The third-order valence-corrected chi connectivity index (χ3v) is 4.16. The van der Waals surface area contributed by atoms with Gasteiger partial charge >= 0.3 is 0 Å². The second-order valence-electron chi connectivity index (χ2n) is 5.78. The van der Waals surface area contributed by atoms with Gasteiger partial charge in [-0.25, -0.2) is 0 Å². The normalized spacial score (nSPS) is 19.8. The molecule has 0 aromatic heterocycles. The second-order valence-corrected chi connectivity index (χ2v) is 5.78. The highest BCUT2D eigenvalue weighted by Gasteiger charge is 2.17. The molecule has 21 heavy (non-hydrogen) atoms. The summed E-state index contributed by atoms with van der Waals surface area (Å²) in [5.41, 5.74) is 1.02. The van der Waals surface area contributed by atoms with Gasteiger partial charge in [0.1, 0.15) is 5.75 Å². The van der Waals surface area contributed by atoms with Gasteiger partial charge in [-0.2, -0.15) is 0 Å². The van der Waals surface area contributed by atoms with Crippen molar-refractivity contribution >= 4 is 5.91 Å². The summed E-state index contributed by atoms with van der Waals surface area (Å²) in [6.07, 6.45) is 4.04. The zero-order valence-corrected chi connectivity index (χ0v) is 13.0. The van der Waals surface area contributed by atoms with E-state index in [0.29, 0.717) is 12.3 Å². The van der Waals surface area contributed by atoms with Gasteiger partial charge in [-0.05, 0) is 51.3 Å². The summed E-state index contributed by atoms with van der Waals surface area (Å²) in [4.78, 5) is 12.1. The van der Waals surface area contributed by atoms with Gasteiger partial charge in [0.25, 0.3) is 0 Å². The molecule has 2 N–H and O–H groups in total. The van der Waals surface area contributed by atoms with Crippen LogP contribution in [0.2, 0.25) is 0 Å². The highest BCUT2D eigenvalue weighted by atomic mass is 16.5. The van der Waals surface area contributed by atoms with E-state index in [2.05, 4.69) is 10.6 Å². The second kappa shape index (κ2) is 8.03. The minimum Gasteiger partial charge on any atom is -0.496 e. The predicted octanol–water partition coefficient (Wildman–Crippen LogP) is 2.65. The van der Waals surface area contributed by atoms with Crippen molar-refractivity contribution in [2.45, 2.75) is 38.6 Å². The number of hydrogen-bond donors (Lipinski definition) is 2. The lowest BCUT2D eigenvalue weighted by Crippen LogP contribution is -2.32. The average Bonchev–Trinajstić information content (AvgIpc) is 2.53. The number of piperidine rings is 1. The number of carbonyl (C=O) groups excluding carboxylic acids is 1. The average molecular weight is 290 g/mol. The van der Waals surface area contributed by atoms with Gasteiger partial charge in [0, 0.05) is 12.0 Å². The van der Waals surface area contributed by atoms with E-state index in [0.717, 1.165) is 30.8 Å². The van der Waals surface area contributed by atoms with E-state index in [1.165, 1.54) is 12.8 Å². The maximum Gasteiger partial charge on any atom is 0.220 e. The molecule has 0 saturated carbocycles. The van der Waals surface area contributed by atoms with Crippen LogP contribution < -0.4 is 15.4 Å². The summed E-state index contributed by atoms with van der Waals surface area (Å²) in [6, 6.07) is 7.79. The van der Waals surface area contributed by atoms with Crippen molar-refractivity contribution in [3.8, 4) is 5.75 Å². The summed E-state index contributed by atoms with van der Waals surface area (Å²) in [5, 5.41) is 6.46. The number of rotatable bonds is 6. The van der Waals surface area contributed by atoms with Gasteiger partial charge in [-0.15, -0.1) is 0 Å². The van der Waals surface area contributed by atoms with Crippen LogP contribution in [0.4, 0.5) is 0 Å². The topological polar surface area (TPSA) is 50.4 Å². The Balaban J connectivity index is 1.81. The van der Waals surface area contributed by atoms with E-state index in [1.807, 2.05) is 31.2 Å². The molecule has 0 radical (unpaired) electrons. The minimum atomic E-state index is -0.0295. The van der Waals surface area contributed by atoms with Crippen LogP contribution >= 0.6 is 0 Å². The molecule has 1 aromatic rings. The van der Waals surface area contributed by atoms with Crippen LogP contribution in [0.3, 0.4) is 0 Å². The van der Waals surface area contributed by atoms with Gasteiger partial charge in [0.2, 0.25) is 5.91 Å². The Bertz CT molecular complexity index is 456. The van der Waals surface area contributed by atoms with Crippen molar-refractivity contribution in [1.82, 2.24) is 10.6 Å². The lowest BCUT2D eigenvalue weighted by molar-refractivity contribution is -0.122. The minimum absolute atomic E-state index is 0.0295. The lowest BCUT2D eigenvalue weighted by Gasteiger charge is -2.23. The fourth-order valence-corrected chi connectivity index (χ4v) is 2.92. The third-order valence-electron chi connectivity index (χ3n) is 4.16. The smallest absolute Gasteiger partial charge is 0.220 e. The van der Waals surface area contributed by atoms with Gasteiger partial charge in [0.05, 0.1) is 13.2 Å². The summed E-state index contributed by atoms with van der Waals surface area (Å²) in [6.45, 7) is 4.17. The molecule has 4 nitrogen and oxygen atoms in total. The van der Waals surface area contributed by atoms with Crippen molar-refractivity contribution in [2.24, 2.45) is 5.92 Å². The molecule has 1 saturated heterocycles. The van der Waals surface area contributed by atoms with Crippen LogP contribution in [0.1, 0.15) is 44.2 Å². The van der Waals surface area contributed by atoms with Crippen molar-refractivity contribution in [2.75, 3.05) is 20.2 Å². The lowest BCUT2D eigenvalue weighted by atomic mass is 9.94. The number of carbonyl (C=O) groups is 1. The molecule has 1 heterocycles. The Morgan fingerprint density at radius 3 is 3.00 bits per heavy atom. The molecule has 2 atom stereocenters. The van der Waals surface area contributed by atoms with Gasteiger partial charge < -0.3 is 15.4 Å². The fourth-order valence-electron chi connectivity index (χ4n) is 2.92. The van der Waals surface area contributed by atoms with Crippen LogP contribution in [-0.2, 0) is 4.79 Å². The molecular weight excluding hydrogens is 264 g/mol. The molecule has 0 bridgehead atoms. The maximum absolute atomic E-state index is 12.1. The Morgan fingerprint density at radius 2 is 2.29 bits per heavy atom. The zero-order valence-electron chi connectivity index (χ0n) is 13.0. The number of para-hydroxylation sites is 1. The number of ether oxygens (including phenoxy) is 1. The Kier molecular flexibility index (Phi) is 6.05. The first-order valence-corrected chi connectivity index (χ1v) is 7.83. The van der Waals surface area contributed by atoms with Crippen molar-refractivity contribution in [3.05, 3.63) is 29.8 Å². The monoisotopic (exact) mass is 290 g/mol. The van der Waals surface area contributed by atoms with Gasteiger partial charge in [-0.3, -0.25) is 4.79 Å². The maximum atomic E-state index is 12.1. The summed E-state index contributed by atoms with van der Waals surface area (Å²) >= 11 is 0. The molecule has 1 amide bonds. The molecule has 0 aliphatic carbocycles. The summed E-state index contributed by atoms with van der Waals surface area (Å²) < 4.78 is 5.34. The number of amides is 1. The molecular formula is C17H26N2O2. The van der Waals surface area contributed by atoms with Crippen molar-refractivity contribution in [1.29, 1.82) is 0 Å². The molecule has 4 heteroatoms. The highest BCUT2D eigenvalue weighted by Crippen LogP contribution is 2.24. The third kappa shape index (κ3) is 4.74. The number of nitrogens with one attached hydrogen (secondary N) is 2. The fraction of sp³-hybridized carbons (Fsp3) is 0.588. The number of hydrogen-bond acceptors (Lipinski definition) is 3. The van der Waals surface area contributed by atoms with Crippen molar-refractivity contribution in [3.63, 3.8) is 0 Å².